The zero-order valence-electron chi connectivity index (χ0n) is 9.42. The summed E-state index contributed by atoms with van der Waals surface area (Å²) in [6.45, 7) is 4.38. The molecule has 0 atom stereocenters. The second kappa shape index (κ2) is 6.58. The van der Waals surface area contributed by atoms with E-state index in [1.54, 1.807) is 0 Å². The highest BCUT2D eigenvalue weighted by Gasteiger charge is 1.95. The van der Waals surface area contributed by atoms with Gasteiger partial charge in [0.1, 0.15) is 0 Å². The van der Waals surface area contributed by atoms with Crippen LogP contribution in [-0.2, 0) is 6.42 Å². The summed E-state index contributed by atoms with van der Waals surface area (Å²) in [5.74, 6) is 0. The first-order valence-corrected chi connectivity index (χ1v) is 5.74. The molecular weight excluding hydrogens is 170 g/mol. The van der Waals surface area contributed by atoms with Crippen molar-refractivity contribution < 1.29 is 0 Å². The van der Waals surface area contributed by atoms with E-state index in [2.05, 4.69) is 31.0 Å². The summed E-state index contributed by atoms with van der Waals surface area (Å²) in [7, 11) is 0. The number of hydrogen-bond acceptors (Lipinski definition) is 1. The molecule has 0 saturated carbocycles. The molecule has 0 radical (unpaired) electrons. The first-order chi connectivity index (χ1) is 6.83. The van der Waals surface area contributed by atoms with Gasteiger partial charge in [-0.3, -0.25) is 4.98 Å². The van der Waals surface area contributed by atoms with Crippen LogP contribution < -0.4 is 0 Å². The molecule has 0 N–H and O–H groups in total. The molecule has 0 aliphatic heterocycles. The zero-order chi connectivity index (χ0) is 10.2. The maximum atomic E-state index is 4.36. The minimum atomic E-state index is 1.14. The predicted molar refractivity (Wildman–Crippen MR) is 61.4 cm³/mol. The quantitative estimate of drug-likeness (QED) is 0.621. The molecular formula is C13H21N. The molecule has 1 aromatic heterocycles. The number of aromatic nitrogens is 1. The molecule has 0 unspecified atom stereocenters. The molecule has 0 aliphatic carbocycles. The highest BCUT2D eigenvalue weighted by Crippen LogP contribution is 2.08. The van der Waals surface area contributed by atoms with Crippen molar-refractivity contribution in [1.82, 2.24) is 4.98 Å². The van der Waals surface area contributed by atoms with Gasteiger partial charge in [0.25, 0.3) is 0 Å². The lowest BCUT2D eigenvalue weighted by Gasteiger charge is -2.01. The van der Waals surface area contributed by atoms with E-state index in [4.69, 9.17) is 0 Å². The van der Waals surface area contributed by atoms with Gasteiger partial charge in [0, 0.05) is 11.9 Å². The first-order valence-electron chi connectivity index (χ1n) is 5.74. The number of aryl methyl sites for hydroxylation is 2. The van der Waals surface area contributed by atoms with Gasteiger partial charge in [-0.2, -0.15) is 0 Å². The molecule has 0 spiro atoms. The fraction of sp³-hybridized carbons (Fsp3) is 0.615. The van der Waals surface area contributed by atoms with Crippen molar-refractivity contribution in [3.8, 4) is 0 Å². The Morgan fingerprint density at radius 3 is 2.64 bits per heavy atom. The second-order valence-electron chi connectivity index (χ2n) is 3.99. The predicted octanol–water partition coefficient (Wildman–Crippen LogP) is 3.90. The first kappa shape index (κ1) is 11.2. The van der Waals surface area contributed by atoms with Gasteiger partial charge in [-0.15, -0.1) is 0 Å². The van der Waals surface area contributed by atoms with E-state index < -0.39 is 0 Å². The monoisotopic (exact) mass is 191 g/mol. The van der Waals surface area contributed by atoms with Gasteiger partial charge < -0.3 is 0 Å². The molecule has 0 amide bonds. The molecule has 1 nitrogen and oxygen atoms in total. The number of unbranched alkanes of at least 4 members (excludes halogenated alkanes) is 4. The Balaban J connectivity index is 2.18. The Labute approximate surface area is 87.6 Å². The lowest BCUT2D eigenvalue weighted by Crippen LogP contribution is -1.90. The standard InChI is InChI=1S/C13H21N/c1-3-4-5-6-7-8-13-11-12(2)9-10-14-13/h9-11H,3-8H2,1-2H3. The minimum absolute atomic E-state index is 1.14. The highest BCUT2D eigenvalue weighted by atomic mass is 14.7. The maximum absolute atomic E-state index is 4.36. The van der Waals surface area contributed by atoms with Crippen LogP contribution in [0.15, 0.2) is 18.3 Å². The fourth-order valence-corrected chi connectivity index (χ4v) is 1.65. The van der Waals surface area contributed by atoms with Crippen LogP contribution in [0.5, 0.6) is 0 Å². The summed E-state index contributed by atoms with van der Waals surface area (Å²) in [5.41, 5.74) is 2.57. The summed E-state index contributed by atoms with van der Waals surface area (Å²) < 4.78 is 0. The van der Waals surface area contributed by atoms with E-state index >= 15 is 0 Å². The van der Waals surface area contributed by atoms with Gasteiger partial charge in [-0.05, 0) is 37.5 Å². The topological polar surface area (TPSA) is 12.9 Å². The highest BCUT2D eigenvalue weighted by molar-refractivity contribution is 5.14. The minimum Gasteiger partial charge on any atom is -0.261 e. The van der Waals surface area contributed by atoms with Gasteiger partial charge in [0.2, 0.25) is 0 Å². The van der Waals surface area contributed by atoms with Crippen molar-refractivity contribution >= 4 is 0 Å². The number of pyridine rings is 1. The van der Waals surface area contributed by atoms with E-state index in [0.29, 0.717) is 0 Å². The van der Waals surface area contributed by atoms with Crippen molar-refractivity contribution in [1.29, 1.82) is 0 Å². The van der Waals surface area contributed by atoms with Crippen molar-refractivity contribution in [2.24, 2.45) is 0 Å². The van der Waals surface area contributed by atoms with Crippen molar-refractivity contribution in [2.75, 3.05) is 0 Å². The second-order valence-corrected chi connectivity index (χ2v) is 3.99. The van der Waals surface area contributed by atoms with Crippen LogP contribution in [0.25, 0.3) is 0 Å². The van der Waals surface area contributed by atoms with Crippen LogP contribution in [0.4, 0.5) is 0 Å². The Morgan fingerprint density at radius 2 is 1.93 bits per heavy atom. The van der Waals surface area contributed by atoms with Gasteiger partial charge in [-0.25, -0.2) is 0 Å². The van der Waals surface area contributed by atoms with Crippen LogP contribution in [0.3, 0.4) is 0 Å². The fourth-order valence-electron chi connectivity index (χ4n) is 1.65. The molecule has 1 aromatic rings. The van der Waals surface area contributed by atoms with Crippen molar-refractivity contribution in [2.45, 2.75) is 52.4 Å². The summed E-state index contributed by atoms with van der Waals surface area (Å²) in [6, 6.07) is 4.25. The van der Waals surface area contributed by atoms with Crippen LogP contribution >= 0.6 is 0 Å². The zero-order valence-corrected chi connectivity index (χ0v) is 9.42. The third-order valence-electron chi connectivity index (χ3n) is 2.51. The lowest BCUT2D eigenvalue weighted by molar-refractivity contribution is 0.628. The average Bonchev–Trinajstić information content (AvgIpc) is 2.18. The molecule has 0 bridgehead atoms. The van der Waals surface area contributed by atoms with Gasteiger partial charge in [0.15, 0.2) is 0 Å². The smallest absolute Gasteiger partial charge is 0.0406 e. The Hall–Kier alpha value is -0.850. The molecule has 78 valence electrons. The Kier molecular flexibility index (Phi) is 5.28. The third kappa shape index (κ3) is 4.40. The van der Waals surface area contributed by atoms with Gasteiger partial charge in [-0.1, -0.05) is 32.6 Å². The average molecular weight is 191 g/mol. The summed E-state index contributed by atoms with van der Waals surface area (Å²) in [5, 5.41) is 0. The molecule has 0 aliphatic rings. The summed E-state index contributed by atoms with van der Waals surface area (Å²) >= 11 is 0. The molecule has 14 heavy (non-hydrogen) atoms. The number of nitrogens with zero attached hydrogens (tertiary/aromatic N) is 1. The maximum Gasteiger partial charge on any atom is 0.0406 e. The summed E-state index contributed by atoms with van der Waals surface area (Å²) in [6.07, 6.45) is 9.77. The third-order valence-corrected chi connectivity index (χ3v) is 2.51. The van der Waals surface area contributed by atoms with E-state index in [1.807, 2.05) is 6.20 Å². The van der Waals surface area contributed by atoms with E-state index in [1.165, 1.54) is 43.4 Å². The molecule has 0 aromatic carbocycles. The molecule has 0 fully saturated rings. The van der Waals surface area contributed by atoms with E-state index in [-0.39, 0.29) is 0 Å². The molecule has 1 rings (SSSR count). The van der Waals surface area contributed by atoms with Crippen molar-refractivity contribution in [3.05, 3.63) is 29.6 Å². The summed E-state index contributed by atoms with van der Waals surface area (Å²) in [4.78, 5) is 4.36. The SMILES string of the molecule is CCCCCCCc1cc(C)ccn1. The molecule has 1 heterocycles. The van der Waals surface area contributed by atoms with Gasteiger partial charge >= 0.3 is 0 Å². The number of rotatable bonds is 6. The van der Waals surface area contributed by atoms with Gasteiger partial charge in [0.05, 0.1) is 0 Å². The van der Waals surface area contributed by atoms with Crippen LogP contribution in [0, 0.1) is 6.92 Å². The Bertz CT molecular complexity index is 255. The normalized spacial score (nSPS) is 10.4. The van der Waals surface area contributed by atoms with Crippen LogP contribution in [-0.4, -0.2) is 4.98 Å². The van der Waals surface area contributed by atoms with E-state index in [0.717, 1.165) is 6.42 Å². The van der Waals surface area contributed by atoms with Crippen LogP contribution in [0.1, 0.15) is 50.3 Å². The largest absolute Gasteiger partial charge is 0.261 e. The lowest BCUT2D eigenvalue weighted by atomic mass is 10.1. The van der Waals surface area contributed by atoms with E-state index in [9.17, 15) is 0 Å². The number of hydrogen-bond donors (Lipinski definition) is 0. The molecule has 0 saturated heterocycles. The van der Waals surface area contributed by atoms with Crippen molar-refractivity contribution in [3.63, 3.8) is 0 Å². The molecule has 1 heteroatoms. The Morgan fingerprint density at radius 1 is 1.14 bits per heavy atom. The van der Waals surface area contributed by atoms with Crippen LogP contribution in [0.2, 0.25) is 0 Å².